The Kier molecular flexibility index (Phi) is 4.05. The molecule has 0 bridgehead atoms. The number of nitrogens with two attached hydrogens (primary N) is 1. The van der Waals surface area contributed by atoms with Gasteiger partial charge in [0.05, 0.1) is 0 Å². The summed E-state index contributed by atoms with van der Waals surface area (Å²) in [5.74, 6) is 0. The zero-order valence-corrected chi connectivity index (χ0v) is 9.66. The van der Waals surface area contributed by atoms with Crippen LogP contribution in [0, 0.1) is 0 Å². The van der Waals surface area contributed by atoms with Gasteiger partial charge in [-0.25, -0.2) is 0 Å². The molecule has 2 rings (SSSR count). The maximum atomic E-state index is 6.07. The molecule has 1 aromatic carbocycles. The van der Waals surface area contributed by atoms with Gasteiger partial charge in [0.2, 0.25) is 0 Å². The van der Waals surface area contributed by atoms with Crippen molar-refractivity contribution in [3.8, 4) is 0 Å². The Bertz CT molecular complexity index is 463. The van der Waals surface area contributed by atoms with E-state index in [1.165, 1.54) is 5.56 Å². The fraction of sp³-hybridized carbons (Fsp3) is 0.133. The molecule has 2 N–H and O–H groups in total. The number of rotatable bonds is 4. The minimum atomic E-state index is 0.0173. The van der Waals surface area contributed by atoms with E-state index in [0.29, 0.717) is 0 Å². The molecule has 86 valence electrons. The lowest BCUT2D eigenvalue weighted by atomic mass is 10.1. The Morgan fingerprint density at radius 3 is 2.65 bits per heavy atom. The molecule has 0 saturated carbocycles. The van der Waals surface area contributed by atoms with Crippen LogP contribution in [-0.4, -0.2) is 4.98 Å². The molecule has 0 saturated heterocycles. The van der Waals surface area contributed by atoms with Gasteiger partial charge in [0.1, 0.15) is 0 Å². The Morgan fingerprint density at radius 1 is 1.12 bits per heavy atom. The van der Waals surface area contributed by atoms with Gasteiger partial charge in [-0.1, -0.05) is 48.6 Å². The first-order chi connectivity index (χ1) is 8.36. The number of nitrogens with zero attached hydrogens (tertiary/aromatic N) is 1. The standard InChI is InChI=1S/C15H16N2/c16-15(14-9-5-11-17-12-14)10-4-8-13-6-2-1-3-7-13/h1-9,11-12,15H,10,16H2/b8-4+. The van der Waals surface area contributed by atoms with Gasteiger partial charge in [-0.2, -0.15) is 0 Å². The first kappa shape index (κ1) is 11.6. The van der Waals surface area contributed by atoms with Crippen molar-refractivity contribution in [1.29, 1.82) is 0 Å². The minimum Gasteiger partial charge on any atom is -0.324 e. The maximum absolute atomic E-state index is 6.07. The average Bonchev–Trinajstić information content (AvgIpc) is 2.41. The summed E-state index contributed by atoms with van der Waals surface area (Å²) in [5, 5.41) is 0. The predicted molar refractivity (Wildman–Crippen MR) is 71.3 cm³/mol. The Balaban J connectivity index is 1.93. The van der Waals surface area contributed by atoms with E-state index in [0.717, 1.165) is 12.0 Å². The van der Waals surface area contributed by atoms with Gasteiger partial charge in [-0.15, -0.1) is 0 Å². The largest absolute Gasteiger partial charge is 0.324 e. The summed E-state index contributed by atoms with van der Waals surface area (Å²) in [5.41, 5.74) is 8.34. The number of benzene rings is 1. The second-order valence-corrected chi connectivity index (χ2v) is 3.94. The Labute approximate surface area is 102 Å². The van der Waals surface area contributed by atoms with Crippen molar-refractivity contribution < 1.29 is 0 Å². The fourth-order valence-corrected chi connectivity index (χ4v) is 1.65. The molecule has 17 heavy (non-hydrogen) atoms. The second kappa shape index (κ2) is 5.97. The summed E-state index contributed by atoms with van der Waals surface area (Å²) < 4.78 is 0. The molecule has 0 fully saturated rings. The summed E-state index contributed by atoms with van der Waals surface area (Å²) in [6.45, 7) is 0. The van der Waals surface area contributed by atoms with E-state index < -0.39 is 0 Å². The molecule has 1 aromatic heterocycles. The maximum Gasteiger partial charge on any atom is 0.0345 e. The van der Waals surface area contributed by atoms with E-state index in [4.69, 9.17) is 5.73 Å². The van der Waals surface area contributed by atoms with Crippen molar-refractivity contribution in [3.63, 3.8) is 0 Å². The van der Waals surface area contributed by atoms with Crippen LogP contribution in [0.4, 0.5) is 0 Å². The third-order valence-electron chi connectivity index (χ3n) is 2.61. The van der Waals surface area contributed by atoms with Crippen molar-refractivity contribution in [2.45, 2.75) is 12.5 Å². The molecule has 2 aromatic rings. The molecule has 1 heterocycles. The van der Waals surface area contributed by atoms with Crippen molar-refractivity contribution in [2.75, 3.05) is 0 Å². The monoisotopic (exact) mass is 224 g/mol. The summed E-state index contributed by atoms with van der Waals surface area (Å²) >= 11 is 0. The number of hydrogen-bond acceptors (Lipinski definition) is 2. The van der Waals surface area contributed by atoms with Crippen molar-refractivity contribution in [1.82, 2.24) is 4.98 Å². The molecule has 2 nitrogen and oxygen atoms in total. The highest BCUT2D eigenvalue weighted by Gasteiger charge is 2.02. The Hall–Kier alpha value is -1.93. The van der Waals surface area contributed by atoms with Crippen LogP contribution in [0.15, 0.2) is 60.9 Å². The molecular formula is C15H16N2. The van der Waals surface area contributed by atoms with Crippen LogP contribution in [0.5, 0.6) is 0 Å². The van der Waals surface area contributed by atoms with Crippen LogP contribution in [0.2, 0.25) is 0 Å². The van der Waals surface area contributed by atoms with E-state index in [1.807, 2.05) is 36.5 Å². The molecule has 0 aliphatic carbocycles. The quantitative estimate of drug-likeness (QED) is 0.866. The molecule has 0 aliphatic rings. The Morgan fingerprint density at radius 2 is 1.94 bits per heavy atom. The third-order valence-corrected chi connectivity index (χ3v) is 2.61. The number of aromatic nitrogens is 1. The van der Waals surface area contributed by atoms with Crippen molar-refractivity contribution in [3.05, 3.63) is 72.1 Å². The van der Waals surface area contributed by atoms with Crippen LogP contribution in [0.3, 0.4) is 0 Å². The highest BCUT2D eigenvalue weighted by Crippen LogP contribution is 2.13. The lowest BCUT2D eigenvalue weighted by Crippen LogP contribution is -2.08. The van der Waals surface area contributed by atoms with Gasteiger partial charge in [0.25, 0.3) is 0 Å². The van der Waals surface area contributed by atoms with Gasteiger partial charge in [0, 0.05) is 18.4 Å². The van der Waals surface area contributed by atoms with E-state index in [-0.39, 0.29) is 6.04 Å². The van der Waals surface area contributed by atoms with Crippen molar-refractivity contribution >= 4 is 6.08 Å². The van der Waals surface area contributed by atoms with Gasteiger partial charge in [-0.05, 0) is 23.6 Å². The lowest BCUT2D eigenvalue weighted by Gasteiger charge is -2.07. The highest BCUT2D eigenvalue weighted by molar-refractivity contribution is 5.48. The third kappa shape index (κ3) is 3.54. The second-order valence-electron chi connectivity index (χ2n) is 3.94. The zero-order chi connectivity index (χ0) is 11.9. The summed E-state index contributed by atoms with van der Waals surface area (Å²) in [4.78, 5) is 4.07. The van der Waals surface area contributed by atoms with Gasteiger partial charge in [-0.3, -0.25) is 4.98 Å². The van der Waals surface area contributed by atoms with Gasteiger partial charge >= 0.3 is 0 Å². The highest BCUT2D eigenvalue weighted by atomic mass is 14.7. The first-order valence-electron chi connectivity index (χ1n) is 5.73. The van der Waals surface area contributed by atoms with E-state index in [1.54, 1.807) is 6.20 Å². The molecule has 0 radical (unpaired) electrons. The van der Waals surface area contributed by atoms with Crippen molar-refractivity contribution in [2.24, 2.45) is 5.73 Å². The number of hydrogen-bond donors (Lipinski definition) is 1. The van der Waals surface area contributed by atoms with Crippen LogP contribution < -0.4 is 5.73 Å². The summed E-state index contributed by atoms with van der Waals surface area (Å²) in [6, 6.07) is 14.2. The van der Waals surface area contributed by atoms with Crippen LogP contribution >= 0.6 is 0 Å². The van der Waals surface area contributed by atoms with Gasteiger partial charge in [0.15, 0.2) is 0 Å². The molecule has 2 heteroatoms. The molecular weight excluding hydrogens is 208 g/mol. The fourth-order valence-electron chi connectivity index (χ4n) is 1.65. The molecule has 1 atom stereocenters. The van der Waals surface area contributed by atoms with Crippen LogP contribution in [0.1, 0.15) is 23.6 Å². The smallest absolute Gasteiger partial charge is 0.0345 e. The summed E-state index contributed by atoms with van der Waals surface area (Å²) in [6.07, 6.45) is 8.60. The molecule has 0 spiro atoms. The van der Waals surface area contributed by atoms with E-state index >= 15 is 0 Å². The molecule has 1 unspecified atom stereocenters. The van der Waals surface area contributed by atoms with Crippen LogP contribution in [-0.2, 0) is 0 Å². The average molecular weight is 224 g/mol. The lowest BCUT2D eigenvalue weighted by molar-refractivity contribution is 0.738. The van der Waals surface area contributed by atoms with E-state index in [2.05, 4.69) is 29.3 Å². The number of pyridine rings is 1. The zero-order valence-electron chi connectivity index (χ0n) is 9.66. The van der Waals surface area contributed by atoms with Gasteiger partial charge < -0.3 is 5.73 Å². The SMILES string of the molecule is NC(C/C=C/c1ccccc1)c1cccnc1. The normalized spacial score (nSPS) is 12.8. The first-order valence-corrected chi connectivity index (χ1v) is 5.73. The topological polar surface area (TPSA) is 38.9 Å². The molecule has 0 aliphatic heterocycles. The molecule has 0 amide bonds. The van der Waals surface area contributed by atoms with E-state index in [9.17, 15) is 0 Å². The minimum absolute atomic E-state index is 0.0173. The predicted octanol–water partition coefficient (Wildman–Crippen LogP) is 3.18. The summed E-state index contributed by atoms with van der Waals surface area (Å²) in [7, 11) is 0. The van der Waals surface area contributed by atoms with Crippen LogP contribution in [0.25, 0.3) is 6.08 Å².